The number of carbonyl (C=O) groups is 1. The summed E-state index contributed by atoms with van der Waals surface area (Å²) < 4.78 is 5.27. The normalized spacial score (nSPS) is 30.1. The lowest BCUT2D eigenvalue weighted by atomic mass is 9.91. The number of carbonyl (C=O) groups excluding carboxylic acids is 1. The molecular weight excluding hydrogens is 152 g/mol. The van der Waals surface area contributed by atoms with E-state index in [9.17, 15) is 4.79 Å². The molecule has 0 aliphatic carbocycles. The minimum Gasteiger partial charge on any atom is -0.458 e. The van der Waals surface area contributed by atoms with Crippen LogP contribution in [0.5, 0.6) is 0 Å². The van der Waals surface area contributed by atoms with E-state index in [1.54, 1.807) is 6.92 Å². The van der Waals surface area contributed by atoms with Crippen molar-refractivity contribution in [2.24, 2.45) is 11.8 Å². The number of ether oxygens (including phenoxy) is 1. The third-order valence-electron chi connectivity index (χ3n) is 2.25. The van der Waals surface area contributed by atoms with E-state index in [0.717, 1.165) is 5.57 Å². The van der Waals surface area contributed by atoms with Gasteiger partial charge in [0.2, 0.25) is 0 Å². The maximum absolute atomic E-state index is 11.2. The van der Waals surface area contributed by atoms with E-state index in [2.05, 4.69) is 20.8 Å². The first-order chi connectivity index (χ1) is 5.52. The van der Waals surface area contributed by atoms with Crippen molar-refractivity contribution < 1.29 is 9.53 Å². The van der Waals surface area contributed by atoms with Crippen LogP contribution < -0.4 is 0 Å². The first-order valence-corrected chi connectivity index (χ1v) is 4.41. The fourth-order valence-corrected chi connectivity index (χ4v) is 1.62. The molecule has 0 unspecified atom stereocenters. The van der Waals surface area contributed by atoms with E-state index in [4.69, 9.17) is 4.74 Å². The summed E-state index contributed by atoms with van der Waals surface area (Å²) in [7, 11) is 0. The maximum atomic E-state index is 11.2. The topological polar surface area (TPSA) is 26.3 Å². The monoisotopic (exact) mass is 168 g/mol. The van der Waals surface area contributed by atoms with Crippen LogP contribution in [0.4, 0.5) is 0 Å². The molecule has 0 aromatic rings. The van der Waals surface area contributed by atoms with Gasteiger partial charge in [0.1, 0.15) is 6.10 Å². The van der Waals surface area contributed by atoms with E-state index >= 15 is 0 Å². The third-order valence-corrected chi connectivity index (χ3v) is 2.25. The molecule has 2 nitrogen and oxygen atoms in total. The van der Waals surface area contributed by atoms with Crippen LogP contribution >= 0.6 is 0 Å². The highest BCUT2D eigenvalue weighted by Gasteiger charge is 2.28. The van der Waals surface area contributed by atoms with Crippen molar-refractivity contribution in [3.63, 3.8) is 0 Å². The molecule has 0 amide bonds. The Morgan fingerprint density at radius 3 is 2.58 bits per heavy atom. The van der Waals surface area contributed by atoms with Crippen LogP contribution in [0.1, 0.15) is 27.7 Å². The van der Waals surface area contributed by atoms with Gasteiger partial charge in [-0.15, -0.1) is 0 Å². The Kier molecular flexibility index (Phi) is 2.55. The van der Waals surface area contributed by atoms with Crippen LogP contribution in [0, 0.1) is 11.8 Å². The summed E-state index contributed by atoms with van der Waals surface area (Å²) in [5.41, 5.74) is 0.736. The van der Waals surface area contributed by atoms with Crippen LogP contribution in [0.3, 0.4) is 0 Å². The van der Waals surface area contributed by atoms with E-state index in [0.29, 0.717) is 11.8 Å². The number of cyclic esters (lactones) is 1. The maximum Gasteiger partial charge on any atom is 0.333 e. The van der Waals surface area contributed by atoms with Crippen LogP contribution in [0.2, 0.25) is 0 Å². The molecule has 0 fully saturated rings. The number of hydrogen-bond acceptors (Lipinski definition) is 2. The molecule has 0 bridgehead atoms. The highest BCUT2D eigenvalue weighted by atomic mass is 16.5. The number of esters is 1. The summed E-state index contributed by atoms with van der Waals surface area (Å²) in [6, 6.07) is 0. The van der Waals surface area contributed by atoms with Gasteiger partial charge in [-0.3, -0.25) is 0 Å². The summed E-state index contributed by atoms with van der Waals surface area (Å²) in [5, 5.41) is 0. The summed E-state index contributed by atoms with van der Waals surface area (Å²) in [6.45, 7) is 8.03. The molecule has 12 heavy (non-hydrogen) atoms. The van der Waals surface area contributed by atoms with Crippen molar-refractivity contribution in [2.75, 3.05) is 0 Å². The van der Waals surface area contributed by atoms with Gasteiger partial charge < -0.3 is 4.74 Å². The van der Waals surface area contributed by atoms with E-state index in [1.807, 2.05) is 6.08 Å². The molecule has 68 valence electrons. The van der Waals surface area contributed by atoms with Crippen molar-refractivity contribution in [1.82, 2.24) is 0 Å². The predicted molar refractivity (Wildman–Crippen MR) is 47.6 cm³/mol. The first kappa shape index (κ1) is 9.30. The first-order valence-electron chi connectivity index (χ1n) is 4.41. The molecule has 0 radical (unpaired) electrons. The smallest absolute Gasteiger partial charge is 0.333 e. The van der Waals surface area contributed by atoms with Crippen molar-refractivity contribution >= 4 is 5.97 Å². The molecule has 1 aliphatic heterocycles. The lowest BCUT2D eigenvalue weighted by molar-refractivity contribution is -0.150. The molecule has 1 rings (SSSR count). The van der Waals surface area contributed by atoms with Gasteiger partial charge in [0.15, 0.2) is 0 Å². The van der Waals surface area contributed by atoms with Gasteiger partial charge >= 0.3 is 5.97 Å². The lowest BCUT2D eigenvalue weighted by Gasteiger charge is -2.29. The summed E-state index contributed by atoms with van der Waals surface area (Å²) in [5.74, 6) is 0.586. The Morgan fingerprint density at radius 1 is 1.50 bits per heavy atom. The van der Waals surface area contributed by atoms with Gasteiger partial charge in [-0.2, -0.15) is 0 Å². The molecule has 0 N–H and O–H groups in total. The molecule has 0 aromatic carbocycles. The second kappa shape index (κ2) is 3.30. The van der Waals surface area contributed by atoms with Gasteiger partial charge in [-0.1, -0.05) is 26.8 Å². The SMILES string of the molecule is CC1=C[C@H](C)[C@@H](C(C)C)OC1=O. The third kappa shape index (κ3) is 1.68. The van der Waals surface area contributed by atoms with Crippen molar-refractivity contribution in [1.29, 1.82) is 0 Å². The van der Waals surface area contributed by atoms with Gasteiger partial charge in [0.05, 0.1) is 0 Å². The highest BCUT2D eigenvalue weighted by molar-refractivity contribution is 5.88. The minimum absolute atomic E-state index is 0.0567. The average molecular weight is 168 g/mol. The Balaban J connectivity index is 2.79. The molecule has 0 saturated heterocycles. The molecule has 0 spiro atoms. The summed E-state index contributed by atoms with van der Waals surface area (Å²) in [4.78, 5) is 11.2. The summed E-state index contributed by atoms with van der Waals surface area (Å²) in [6.07, 6.45) is 2.05. The predicted octanol–water partition coefficient (Wildman–Crippen LogP) is 2.15. The molecule has 1 aliphatic rings. The quantitative estimate of drug-likeness (QED) is 0.561. The second-order valence-electron chi connectivity index (χ2n) is 3.82. The molecule has 0 saturated carbocycles. The largest absolute Gasteiger partial charge is 0.458 e. The lowest BCUT2D eigenvalue weighted by Crippen LogP contribution is -2.33. The Hall–Kier alpha value is -0.790. The fraction of sp³-hybridized carbons (Fsp3) is 0.700. The second-order valence-corrected chi connectivity index (χ2v) is 3.82. The zero-order valence-corrected chi connectivity index (χ0v) is 8.13. The van der Waals surface area contributed by atoms with Crippen LogP contribution in [-0.2, 0) is 9.53 Å². The van der Waals surface area contributed by atoms with Crippen molar-refractivity contribution in [2.45, 2.75) is 33.8 Å². The molecule has 2 heteroatoms. The Labute approximate surface area is 73.6 Å². The van der Waals surface area contributed by atoms with Gasteiger partial charge in [0, 0.05) is 11.5 Å². The van der Waals surface area contributed by atoms with E-state index < -0.39 is 0 Å². The van der Waals surface area contributed by atoms with Gasteiger partial charge in [-0.25, -0.2) is 4.79 Å². The standard InChI is InChI=1S/C10H16O2/c1-6(2)9-7(3)5-8(4)10(11)12-9/h5-7,9H,1-4H3/t7-,9+/m0/s1. The van der Waals surface area contributed by atoms with Crippen molar-refractivity contribution in [3.8, 4) is 0 Å². The van der Waals surface area contributed by atoms with Gasteiger partial charge in [-0.05, 0) is 12.8 Å². The number of rotatable bonds is 1. The Morgan fingerprint density at radius 2 is 2.08 bits per heavy atom. The minimum atomic E-state index is -0.160. The van der Waals surface area contributed by atoms with Crippen LogP contribution in [-0.4, -0.2) is 12.1 Å². The molecular formula is C10H16O2. The van der Waals surface area contributed by atoms with Crippen molar-refractivity contribution in [3.05, 3.63) is 11.6 Å². The van der Waals surface area contributed by atoms with E-state index in [1.165, 1.54) is 0 Å². The van der Waals surface area contributed by atoms with Gasteiger partial charge in [0.25, 0.3) is 0 Å². The average Bonchev–Trinajstić information content (AvgIpc) is 1.96. The molecule has 1 heterocycles. The zero-order chi connectivity index (χ0) is 9.30. The Bertz CT molecular complexity index is 216. The molecule has 0 aromatic heterocycles. The number of hydrogen-bond donors (Lipinski definition) is 0. The highest BCUT2D eigenvalue weighted by Crippen LogP contribution is 2.24. The van der Waals surface area contributed by atoms with E-state index in [-0.39, 0.29) is 12.1 Å². The van der Waals surface area contributed by atoms with Crippen LogP contribution in [0.15, 0.2) is 11.6 Å². The fourth-order valence-electron chi connectivity index (χ4n) is 1.62. The summed E-state index contributed by atoms with van der Waals surface area (Å²) >= 11 is 0. The zero-order valence-electron chi connectivity index (χ0n) is 8.13. The molecule has 2 atom stereocenters. The van der Waals surface area contributed by atoms with Crippen LogP contribution in [0.25, 0.3) is 0 Å².